The molecule has 0 fully saturated rings. The van der Waals surface area contributed by atoms with E-state index >= 15 is 0 Å². The van der Waals surface area contributed by atoms with E-state index in [2.05, 4.69) is 5.32 Å². The smallest absolute Gasteiger partial charge is 0.258 e. The molecule has 5 heteroatoms. The highest BCUT2D eigenvalue weighted by molar-refractivity contribution is 5.77. The first-order chi connectivity index (χ1) is 7.63. The minimum atomic E-state index is -0.367. The molecule has 1 amide bonds. The second-order valence-electron chi connectivity index (χ2n) is 3.27. The van der Waals surface area contributed by atoms with Crippen molar-refractivity contribution in [1.29, 1.82) is 0 Å². The van der Waals surface area contributed by atoms with E-state index in [0.717, 1.165) is 0 Å². The van der Waals surface area contributed by atoms with Crippen LogP contribution in [0.1, 0.15) is 5.56 Å². The Morgan fingerprint density at radius 1 is 1.56 bits per heavy atom. The molecule has 4 nitrogen and oxygen atoms in total. The SMILES string of the molecule is Cc1ccc(OCC(=O)NCCO)cc1F. The van der Waals surface area contributed by atoms with E-state index in [9.17, 15) is 9.18 Å². The van der Waals surface area contributed by atoms with E-state index in [1.807, 2.05) is 0 Å². The van der Waals surface area contributed by atoms with Crippen molar-refractivity contribution in [2.75, 3.05) is 19.8 Å². The lowest BCUT2D eigenvalue weighted by Gasteiger charge is -2.07. The number of aliphatic hydroxyl groups excluding tert-OH is 1. The molecule has 0 unspecified atom stereocenters. The van der Waals surface area contributed by atoms with Crippen LogP contribution in [-0.4, -0.2) is 30.8 Å². The summed E-state index contributed by atoms with van der Waals surface area (Å²) in [5.41, 5.74) is 0.525. The van der Waals surface area contributed by atoms with Crippen LogP contribution < -0.4 is 10.1 Å². The second-order valence-corrected chi connectivity index (χ2v) is 3.27. The number of carbonyl (C=O) groups is 1. The molecule has 0 heterocycles. The van der Waals surface area contributed by atoms with Crippen LogP contribution in [-0.2, 0) is 4.79 Å². The Bertz CT molecular complexity index is 368. The summed E-state index contributed by atoms with van der Waals surface area (Å²) in [4.78, 5) is 11.1. The number of carbonyl (C=O) groups excluding carboxylic acids is 1. The first kappa shape index (κ1) is 12.4. The number of nitrogens with one attached hydrogen (secondary N) is 1. The molecule has 16 heavy (non-hydrogen) atoms. The van der Waals surface area contributed by atoms with Crippen LogP contribution in [0, 0.1) is 12.7 Å². The van der Waals surface area contributed by atoms with Crippen molar-refractivity contribution >= 4 is 5.91 Å². The van der Waals surface area contributed by atoms with Crippen LogP contribution in [0.2, 0.25) is 0 Å². The van der Waals surface area contributed by atoms with Gasteiger partial charge in [0.05, 0.1) is 6.61 Å². The number of hydrogen-bond donors (Lipinski definition) is 2. The number of ether oxygens (including phenoxy) is 1. The van der Waals surface area contributed by atoms with Gasteiger partial charge in [0.25, 0.3) is 5.91 Å². The van der Waals surface area contributed by atoms with Gasteiger partial charge in [0, 0.05) is 12.6 Å². The highest BCUT2D eigenvalue weighted by atomic mass is 19.1. The molecule has 0 aliphatic rings. The summed E-state index contributed by atoms with van der Waals surface area (Å²) in [5.74, 6) is -0.412. The maximum atomic E-state index is 13.1. The van der Waals surface area contributed by atoms with Crippen molar-refractivity contribution in [3.05, 3.63) is 29.6 Å². The number of amides is 1. The van der Waals surface area contributed by atoms with Crippen molar-refractivity contribution in [3.8, 4) is 5.75 Å². The van der Waals surface area contributed by atoms with Gasteiger partial charge in [-0.1, -0.05) is 6.07 Å². The van der Waals surface area contributed by atoms with Crippen molar-refractivity contribution in [1.82, 2.24) is 5.32 Å². The zero-order chi connectivity index (χ0) is 12.0. The molecule has 0 radical (unpaired) electrons. The zero-order valence-electron chi connectivity index (χ0n) is 9.00. The highest BCUT2D eigenvalue weighted by Gasteiger charge is 2.03. The van der Waals surface area contributed by atoms with Crippen LogP contribution in [0.5, 0.6) is 5.75 Å². The van der Waals surface area contributed by atoms with Crippen LogP contribution in [0.3, 0.4) is 0 Å². The van der Waals surface area contributed by atoms with Crippen LogP contribution in [0.15, 0.2) is 18.2 Å². The van der Waals surface area contributed by atoms with E-state index in [-0.39, 0.29) is 31.5 Å². The summed E-state index contributed by atoms with van der Waals surface area (Å²) < 4.78 is 18.2. The summed E-state index contributed by atoms with van der Waals surface area (Å²) in [6.07, 6.45) is 0. The standard InChI is InChI=1S/C11H14FNO3/c1-8-2-3-9(6-10(8)12)16-7-11(15)13-4-5-14/h2-3,6,14H,4-5,7H2,1H3,(H,13,15). The van der Waals surface area contributed by atoms with Gasteiger partial charge in [0.15, 0.2) is 6.61 Å². The fourth-order valence-corrected chi connectivity index (χ4v) is 1.06. The summed E-state index contributed by atoms with van der Waals surface area (Å²) in [6.45, 7) is 1.52. The van der Waals surface area contributed by atoms with Gasteiger partial charge in [-0.05, 0) is 18.6 Å². The normalized spacial score (nSPS) is 9.94. The molecule has 0 saturated heterocycles. The molecular weight excluding hydrogens is 213 g/mol. The van der Waals surface area contributed by atoms with E-state index < -0.39 is 0 Å². The highest BCUT2D eigenvalue weighted by Crippen LogP contribution is 2.15. The van der Waals surface area contributed by atoms with Crippen LogP contribution >= 0.6 is 0 Å². The maximum Gasteiger partial charge on any atom is 0.258 e. The third-order valence-corrected chi connectivity index (χ3v) is 1.95. The van der Waals surface area contributed by atoms with Gasteiger partial charge in [-0.2, -0.15) is 0 Å². The van der Waals surface area contributed by atoms with Crippen molar-refractivity contribution < 1.29 is 19.0 Å². The average molecular weight is 227 g/mol. The summed E-state index contributed by atoms with van der Waals surface area (Å²) in [7, 11) is 0. The molecule has 1 aromatic carbocycles. The molecule has 88 valence electrons. The monoisotopic (exact) mass is 227 g/mol. The van der Waals surface area contributed by atoms with Gasteiger partial charge < -0.3 is 15.2 Å². The van der Waals surface area contributed by atoms with Gasteiger partial charge in [-0.25, -0.2) is 4.39 Å². The van der Waals surface area contributed by atoms with E-state index in [1.165, 1.54) is 6.07 Å². The average Bonchev–Trinajstić information content (AvgIpc) is 2.28. The third-order valence-electron chi connectivity index (χ3n) is 1.95. The molecule has 0 saturated carbocycles. The third kappa shape index (κ3) is 3.86. The predicted octanol–water partition coefficient (Wildman–Crippen LogP) is 0.621. The van der Waals surface area contributed by atoms with Gasteiger partial charge in [-0.3, -0.25) is 4.79 Å². The van der Waals surface area contributed by atoms with E-state index in [4.69, 9.17) is 9.84 Å². The second kappa shape index (κ2) is 6.07. The zero-order valence-corrected chi connectivity index (χ0v) is 9.00. The molecule has 2 N–H and O–H groups in total. The molecule has 0 aromatic heterocycles. The Hall–Kier alpha value is -1.62. The van der Waals surface area contributed by atoms with Crippen molar-refractivity contribution in [2.24, 2.45) is 0 Å². The Kier molecular flexibility index (Phi) is 4.72. The first-order valence-corrected chi connectivity index (χ1v) is 4.90. The van der Waals surface area contributed by atoms with E-state index in [0.29, 0.717) is 11.3 Å². The minimum absolute atomic E-state index is 0.120. The molecule has 0 aliphatic carbocycles. The number of hydrogen-bond acceptors (Lipinski definition) is 3. The largest absolute Gasteiger partial charge is 0.484 e. The summed E-state index contributed by atoms with van der Waals surface area (Å²) >= 11 is 0. The van der Waals surface area contributed by atoms with Gasteiger partial charge in [0.2, 0.25) is 0 Å². The number of aliphatic hydroxyl groups is 1. The number of aryl methyl sites for hydroxylation is 1. The number of benzene rings is 1. The quantitative estimate of drug-likeness (QED) is 0.775. The molecule has 1 rings (SSSR count). The van der Waals surface area contributed by atoms with Gasteiger partial charge >= 0.3 is 0 Å². The van der Waals surface area contributed by atoms with Crippen molar-refractivity contribution in [3.63, 3.8) is 0 Å². The topological polar surface area (TPSA) is 58.6 Å². The summed E-state index contributed by atoms with van der Waals surface area (Å²) in [6, 6.07) is 4.41. The predicted molar refractivity (Wildman–Crippen MR) is 56.7 cm³/mol. The minimum Gasteiger partial charge on any atom is -0.484 e. The Morgan fingerprint density at radius 2 is 2.31 bits per heavy atom. The van der Waals surface area contributed by atoms with Crippen molar-refractivity contribution in [2.45, 2.75) is 6.92 Å². The molecule has 0 bridgehead atoms. The maximum absolute atomic E-state index is 13.1. The number of halogens is 1. The van der Waals surface area contributed by atoms with Crippen LogP contribution in [0.4, 0.5) is 4.39 Å². The Labute approximate surface area is 93.0 Å². The van der Waals surface area contributed by atoms with Gasteiger partial charge in [0.1, 0.15) is 11.6 Å². The fraction of sp³-hybridized carbons (Fsp3) is 0.364. The molecule has 0 atom stereocenters. The van der Waals surface area contributed by atoms with Gasteiger partial charge in [-0.15, -0.1) is 0 Å². The number of rotatable bonds is 5. The summed E-state index contributed by atoms with van der Waals surface area (Å²) in [5, 5.41) is 10.9. The fourth-order valence-electron chi connectivity index (χ4n) is 1.06. The van der Waals surface area contributed by atoms with E-state index in [1.54, 1.807) is 19.1 Å². The molecule has 1 aromatic rings. The first-order valence-electron chi connectivity index (χ1n) is 4.90. The Morgan fingerprint density at radius 3 is 2.94 bits per heavy atom. The molecular formula is C11H14FNO3. The Balaban J connectivity index is 2.42. The lowest BCUT2D eigenvalue weighted by molar-refractivity contribution is -0.123. The van der Waals surface area contributed by atoms with Crippen LogP contribution in [0.25, 0.3) is 0 Å². The molecule has 0 aliphatic heterocycles. The lowest BCUT2D eigenvalue weighted by Crippen LogP contribution is -2.31. The lowest BCUT2D eigenvalue weighted by atomic mass is 10.2. The molecule has 0 spiro atoms.